The molecule has 1 aliphatic rings. The lowest BCUT2D eigenvalue weighted by atomic mass is 9.96. The molecule has 2 heteroatoms. The summed E-state index contributed by atoms with van der Waals surface area (Å²) in [6.07, 6.45) is 0.927. The van der Waals surface area contributed by atoms with Crippen molar-refractivity contribution in [3.8, 4) is 0 Å². The van der Waals surface area contributed by atoms with Gasteiger partial charge in [0.15, 0.2) is 0 Å². The minimum absolute atomic E-state index is 0.125. The average Bonchev–Trinajstić information content (AvgIpc) is 1.67. The predicted octanol–water partition coefficient (Wildman–Crippen LogP) is 1.08. The SMILES string of the molecule is [C-]#[N+]C1(CC)COC1. The Morgan fingerprint density at radius 2 is 2.38 bits per heavy atom. The Labute approximate surface area is 49.3 Å². The second-order valence-corrected chi connectivity index (χ2v) is 2.18. The second kappa shape index (κ2) is 1.75. The molecular formula is C6H9NO. The van der Waals surface area contributed by atoms with Crippen molar-refractivity contribution in [1.29, 1.82) is 0 Å². The molecule has 0 saturated carbocycles. The molecular weight excluding hydrogens is 102 g/mol. The Kier molecular flexibility index (Phi) is 1.22. The standard InChI is InChI=1S/C6H9NO/c1-3-6(7-2)4-8-5-6/h3-5H2,1H3. The van der Waals surface area contributed by atoms with Crippen LogP contribution in [0.1, 0.15) is 13.3 Å². The van der Waals surface area contributed by atoms with E-state index >= 15 is 0 Å². The van der Waals surface area contributed by atoms with Crippen LogP contribution in [0.3, 0.4) is 0 Å². The van der Waals surface area contributed by atoms with E-state index in [2.05, 4.69) is 4.85 Å². The summed E-state index contributed by atoms with van der Waals surface area (Å²) in [4.78, 5) is 3.47. The Bertz CT molecular complexity index is 115. The van der Waals surface area contributed by atoms with E-state index in [1.165, 1.54) is 0 Å². The minimum atomic E-state index is -0.125. The summed E-state index contributed by atoms with van der Waals surface area (Å²) in [6.45, 7) is 10.1. The lowest BCUT2D eigenvalue weighted by Gasteiger charge is -2.28. The molecule has 0 atom stereocenters. The summed E-state index contributed by atoms with van der Waals surface area (Å²) in [5, 5.41) is 0. The van der Waals surface area contributed by atoms with Crippen LogP contribution in [-0.4, -0.2) is 18.8 Å². The molecule has 0 aromatic heterocycles. The summed E-state index contributed by atoms with van der Waals surface area (Å²) >= 11 is 0. The van der Waals surface area contributed by atoms with Crippen LogP contribution in [0.15, 0.2) is 0 Å². The summed E-state index contributed by atoms with van der Waals surface area (Å²) in [6, 6.07) is 0. The van der Waals surface area contributed by atoms with Gasteiger partial charge in [0, 0.05) is 6.42 Å². The number of nitrogens with zero attached hydrogens (tertiary/aromatic N) is 1. The molecule has 0 radical (unpaired) electrons. The zero-order chi connectivity index (χ0) is 6.04. The highest BCUT2D eigenvalue weighted by Crippen LogP contribution is 2.24. The van der Waals surface area contributed by atoms with Crippen LogP contribution in [0.5, 0.6) is 0 Å². The van der Waals surface area contributed by atoms with Crippen molar-refractivity contribution in [3.63, 3.8) is 0 Å². The molecule has 1 saturated heterocycles. The topological polar surface area (TPSA) is 13.6 Å². The van der Waals surface area contributed by atoms with Crippen LogP contribution >= 0.6 is 0 Å². The monoisotopic (exact) mass is 111 g/mol. The molecule has 0 N–H and O–H groups in total. The molecule has 0 unspecified atom stereocenters. The normalized spacial score (nSPS) is 23.5. The largest absolute Gasteiger partial charge is 0.364 e. The smallest absolute Gasteiger partial charge is 0.277 e. The maximum atomic E-state index is 6.75. The first kappa shape index (κ1) is 5.58. The van der Waals surface area contributed by atoms with Gasteiger partial charge in [-0.15, -0.1) is 0 Å². The van der Waals surface area contributed by atoms with Crippen LogP contribution in [0.4, 0.5) is 0 Å². The molecule has 0 aromatic rings. The van der Waals surface area contributed by atoms with Crippen molar-refractivity contribution in [2.45, 2.75) is 18.9 Å². The fraction of sp³-hybridized carbons (Fsp3) is 0.833. The maximum absolute atomic E-state index is 6.75. The highest BCUT2D eigenvalue weighted by atomic mass is 16.5. The van der Waals surface area contributed by atoms with Crippen LogP contribution < -0.4 is 0 Å². The maximum Gasteiger partial charge on any atom is 0.277 e. The minimum Gasteiger partial charge on any atom is -0.364 e. The van der Waals surface area contributed by atoms with Gasteiger partial charge in [0.1, 0.15) is 13.2 Å². The van der Waals surface area contributed by atoms with E-state index in [1.807, 2.05) is 6.92 Å². The van der Waals surface area contributed by atoms with Crippen molar-refractivity contribution in [2.75, 3.05) is 13.2 Å². The van der Waals surface area contributed by atoms with E-state index in [9.17, 15) is 0 Å². The molecule has 44 valence electrons. The number of rotatable bonds is 1. The fourth-order valence-corrected chi connectivity index (χ4v) is 0.685. The van der Waals surface area contributed by atoms with Gasteiger partial charge in [0.2, 0.25) is 0 Å². The summed E-state index contributed by atoms with van der Waals surface area (Å²) in [7, 11) is 0. The van der Waals surface area contributed by atoms with Crippen LogP contribution in [-0.2, 0) is 4.74 Å². The van der Waals surface area contributed by atoms with E-state index in [1.54, 1.807) is 0 Å². The third-order valence-electron chi connectivity index (χ3n) is 1.64. The first-order valence-electron chi connectivity index (χ1n) is 2.79. The quantitative estimate of drug-likeness (QED) is 0.462. The molecule has 0 aromatic carbocycles. The van der Waals surface area contributed by atoms with Gasteiger partial charge < -0.3 is 9.58 Å². The molecule has 0 amide bonds. The molecule has 0 spiro atoms. The molecule has 1 heterocycles. The average molecular weight is 111 g/mol. The third-order valence-corrected chi connectivity index (χ3v) is 1.64. The second-order valence-electron chi connectivity index (χ2n) is 2.18. The molecule has 8 heavy (non-hydrogen) atoms. The number of hydrogen-bond donors (Lipinski definition) is 0. The Balaban J connectivity index is 2.49. The van der Waals surface area contributed by atoms with Crippen molar-refractivity contribution in [1.82, 2.24) is 0 Å². The van der Waals surface area contributed by atoms with Gasteiger partial charge in [0.05, 0.1) is 0 Å². The lowest BCUT2D eigenvalue weighted by Crippen LogP contribution is -2.45. The van der Waals surface area contributed by atoms with Crippen molar-refractivity contribution in [2.24, 2.45) is 0 Å². The van der Waals surface area contributed by atoms with Gasteiger partial charge >= 0.3 is 0 Å². The van der Waals surface area contributed by atoms with E-state index in [0.29, 0.717) is 13.2 Å². The molecule has 1 fully saturated rings. The highest BCUT2D eigenvalue weighted by molar-refractivity contribution is 5.02. The molecule has 1 rings (SSSR count). The van der Waals surface area contributed by atoms with Gasteiger partial charge in [-0.05, 0) is 0 Å². The third kappa shape index (κ3) is 0.597. The van der Waals surface area contributed by atoms with Crippen LogP contribution in [0, 0.1) is 6.57 Å². The molecule has 0 bridgehead atoms. The Morgan fingerprint density at radius 3 is 2.38 bits per heavy atom. The van der Waals surface area contributed by atoms with Crippen molar-refractivity contribution in [3.05, 3.63) is 11.4 Å². The van der Waals surface area contributed by atoms with Gasteiger partial charge in [0.25, 0.3) is 5.54 Å². The van der Waals surface area contributed by atoms with Gasteiger partial charge in [-0.25, -0.2) is 6.57 Å². The predicted molar refractivity (Wildman–Crippen MR) is 30.4 cm³/mol. The molecule has 1 aliphatic heterocycles. The number of ether oxygens (including phenoxy) is 1. The molecule has 2 nitrogen and oxygen atoms in total. The van der Waals surface area contributed by atoms with Gasteiger partial charge in [-0.2, -0.15) is 0 Å². The summed E-state index contributed by atoms with van der Waals surface area (Å²) in [5.41, 5.74) is -0.125. The highest BCUT2D eigenvalue weighted by Gasteiger charge is 2.43. The fourth-order valence-electron chi connectivity index (χ4n) is 0.685. The van der Waals surface area contributed by atoms with Crippen LogP contribution in [0.2, 0.25) is 0 Å². The van der Waals surface area contributed by atoms with Gasteiger partial charge in [-0.1, -0.05) is 6.92 Å². The molecule has 0 aliphatic carbocycles. The first-order valence-corrected chi connectivity index (χ1v) is 2.79. The zero-order valence-corrected chi connectivity index (χ0v) is 4.98. The van der Waals surface area contributed by atoms with E-state index in [0.717, 1.165) is 6.42 Å². The van der Waals surface area contributed by atoms with Crippen LogP contribution in [0.25, 0.3) is 4.85 Å². The number of hydrogen-bond acceptors (Lipinski definition) is 1. The summed E-state index contributed by atoms with van der Waals surface area (Å²) < 4.78 is 4.91. The Morgan fingerprint density at radius 1 is 1.75 bits per heavy atom. The zero-order valence-electron chi connectivity index (χ0n) is 4.98. The van der Waals surface area contributed by atoms with Crippen molar-refractivity contribution < 1.29 is 4.74 Å². The van der Waals surface area contributed by atoms with E-state index in [-0.39, 0.29) is 5.54 Å². The summed E-state index contributed by atoms with van der Waals surface area (Å²) in [5.74, 6) is 0. The van der Waals surface area contributed by atoms with Gasteiger partial charge in [-0.3, -0.25) is 0 Å². The van der Waals surface area contributed by atoms with Crippen molar-refractivity contribution >= 4 is 0 Å². The van der Waals surface area contributed by atoms with E-state index in [4.69, 9.17) is 11.3 Å². The Hall–Kier alpha value is -0.550. The van der Waals surface area contributed by atoms with E-state index < -0.39 is 0 Å². The first-order chi connectivity index (χ1) is 3.83. The lowest BCUT2D eigenvalue weighted by molar-refractivity contribution is -0.0340.